The summed E-state index contributed by atoms with van der Waals surface area (Å²) in [6.07, 6.45) is 6.34. The largest absolute Gasteiger partial charge is 0.341 e. The fourth-order valence-corrected chi connectivity index (χ4v) is 3.55. The highest BCUT2D eigenvalue weighted by atomic mass is 32.2. The molecule has 0 saturated heterocycles. The average Bonchev–Trinajstić information content (AvgIpc) is 3.39. The highest BCUT2D eigenvalue weighted by molar-refractivity contribution is 7.98. The summed E-state index contributed by atoms with van der Waals surface area (Å²) in [5.41, 5.74) is 2.13. The van der Waals surface area contributed by atoms with Crippen molar-refractivity contribution in [2.24, 2.45) is 0 Å². The molecule has 0 saturated carbocycles. The molecule has 0 aliphatic heterocycles. The molecule has 0 bridgehead atoms. The Morgan fingerprint density at radius 1 is 1.10 bits per heavy atom. The van der Waals surface area contributed by atoms with Crippen LogP contribution in [0, 0.1) is 0 Å². The normalized spacial score (nSPS) is 12.2. The smallest absolute Gasteiger partial charge is 0.274 e. The van der Waals surface area contributed by atoms with Crippen molar-refractivity contribution < 1.29 is 4.79 Å². The second-order valence-corrected chi connectivity index (χ2v) is 7.57. The number of rotatable bonds is 8. The van der Waals surface area contributed by atoms with Gasteiger partial charge in [0.1, 0.15) is 0 Å². The highest BCUT2D eigenvalue weighted by Crippen LogP contribution is 2.18. The zero-order valence-electron chi connectivity index (χ0n) is 16.0. The van der Waals surface area contributed by atoms with Gasteiger partial charge in [0.15, 0.2) is 17.2 Å². The van der Waals surface area contributed by atoms with E-state index in [1.165, 1.54) is 0 Å². The number of nitrogens with one attached hydrogen (secondary N) is 1. The summed E-state index contributed by atoms with van der Waals surface area (Å²) in [7, 11) is 0. The molecule has 0 aliphatic rings. The lowest BCUT2D eigenvalue weighted by Gasteiger charge is -2.16. The number of hydrogen-bond acceptors (Lipinski definition) is 6. The maximum absolute atomic E-state index is 12.8. The van der Waals surface area contributed by atoms with Crippen molar-refractivity contribution in [1.82, 2.24) is 34.9 Å². The third-order valence-electron chi connectivity index (χ3n) is 4.53. The first kappa shape index (κ1) is 19.1. The van der Waals surface area contributed by atoms with Gasteiger partial charge in [-0.05, 0) is 36.1 Å². The molecule has 9 heteroatoms. The van der Waals surface area contributed by atoms with Gasteiger partial charge in [-0.3, -0.25) is 9.20 Å². The Kier molecular flexibility index (Phi) is 5.85. The van der Waals surface area contributed by atoms with Crippen molar-refractivity contribution in [3.8, 4) is 0 Å². The molecule has 1 aromatic carbocycles. The lowest BCUT2D eigenvalue weighted by atomic mass is 10.2. The maximum Gasteiger partial charge on any atom is 0.274 e. The van der Waals surface area contributed by atoms with Crippen LogP contribution in [0.3, 0.4) is 0 Å². The number of pyridine rings is 1. The third kappa shape index (κ3) is 4.45. The number of carbonyl (C=O) groups is 1. The first-order valence-corrected chi connectivity index (χ1v) is 10.7. The van der Waals surface area contributed by atoms with Gasteiger partial charge in [-0.15, -0.1) is 15.3 Å². The Morgan fingerprint density at radius 2 is 1.93 bits per heavy atom. The second-order valence-electron chi connectivity index (χ2n) is 6.58. The Hall–Kier alpha value is -3.20. The highest BCUT2D eigenvalue weighted by Gasteiger charge is 2.22. The third-order valence-corrected chi connectivity index (χ3v) is 5.17. The van der Waals surface area contributed by atoms with Crippen LogP contribution in [0.2, 0.25) is 0 Å². The number of hydrogen-bond donors (Lipinski definition) is 1. The molecule has 0 aliphatic carbocycles. The van der Waals surface area contributed by atoms with Gasteiger partial charge in [0.2, 0.25) is 0 Å². The molecule has 1 amide bonds. The summed E-state index contributed by atoms with van der Waals surface area (Å²) in [4.78, 5) is 12.8. The molecule has 0 fully saturated rings. The molecule has 3 heterocycles. The number of carbonyl (C=O) groups excluding carboxylic acids is 1. The molecule has 1 atom stereocenters. The van der Waals surface area contributed by atoms with Crippen LogP contribution in [-0.4, -0.2) is 47.5 Å². The summed E-state index contributed by atoms with van der Waals surface area (Å²) < 4.78 is 3.56. The van der Waals surface area contributed by atoms with Crippen molar-refractivity contribution in [3.05, 3.63) is 78.0 Å². The van der Waals surface area contributed by atoms with Crippen molar-refractivity contribution in [1.29, 1.82) is 0 Å². The van der Waals surface area contributed by atoms with Crippen LogP contribution in [-0.2, 0) is 6.54 Å². The fourth-order valence-electron chi connectivity index (χ4n) is 3.08. The number of benzene rings is 1. The summed E-state index contributed by atoms with van der Waals surface area (Å²) >= 11 is 1.72. The molecular formula is C20H21N7OS. The van der Waals surface area contributed by atoms with Crippen LogP contribution in [0.4, 0.5) is 0 Å². The van der Waals surface area contributed by atoms with Crippen molar-refractivity contribution in [2.45, 2.75) is 19.0 Å². The van der Waals surface area contributed by atoms with E-state index in [0.717, 1.165) is 23.4 Å². The van der Waals surface area contributed by atoms with Gasteiger partial charge in [0, 0.05) is 6.20 Å². The lowest BCUT2D eigenvalue weighted by molar-refractivity contribution is 0.0928. The number of thioether (sulfide) groups is 1. The van der Waals surface area contributed by atoms with Crippen LogP contribution in [0.15, 0.2) is 60.9 Å². The van der Waals surface area contributed by atoms with E-state index in [0.29, 0.717) is 12.4 Å². The molecule has 148 valence electrons. The molecular weight excluding hydrogens is 386 g/mol. The predicted octanol–water partition coefficient (Wildman–Crippen LogP) is 2.59. The molecule has 3 aromatic heterocycles. The summed E-state index contributed by atoms with van der Waals surface area (Å²) in [6, 6.07) is 15.4. The summed E-state index contributed by atoms with van der Waals surface area (Å²) in [6.45, 7) is 0.561. The Morgan fingerprint density at radius 3 is 2.76 bits per heavy atom. The first-order chi connectivity index (χ1) is 14.2. The van der Waals surface area contributed by atoms with Crippen LogP contribution >= 0.6 is 11.8 Å². The van der Waals surface area contributed by atoms with Gasteiger partial charge >= 0.3 is 0 Å². The van der Waals surface area contributed by atoms with E-state index >= 15 is 0 Å². The SMILES string of the molecule is CSCCC(NC(=O)c1cn(Cc2ccccc2)nn1)c1nnc2ccccn12. The van der Waals surface area contributed by atoms with Gasteiger partial charge in [0.25, 0.3) is 5.91 Å². The lowest BCUT2D eigenvalue weighted by Crippen LogP contribution is -2.30. The average molecular weight is 408 g/mol. The summed E-state index contributed by atoms with van der Waals surface area (Å²) in [5, 5.41) is 19.7. The van der Waals surface area contributed by atoms with Crippen molar-refractivity contribution in [2.75, 3.05) is 12.0 Å². The number of fused-ring (bicyclic) bond motifs is 1. The minimum Gasteiger partial charge on any atom is -0.341 e. The zero-order valence-corrected chi connectivity index (χ0v) is 16.8. The van der Waals surface area contributed by atoms with Crippen LogP contribution in [0.5, 0.6) is 0 Å². The standard InChI is InChI=1S/C20H21N7OS/c1-29-12-10-16(19-24-23-18-9-5-6-11-27(18)19)21-20(28)17-14-26(25-22-17)13-15-7-3-2-4-8-15/h2-9,11,14,16H,10,12-13H2,1H3,(H,21,28). The molecule has 1 N–H and O–H groups in total. The molecule has 4 aromatic rings. The van der Waals surface area contributed by atoms with E-state index in [4.69, 9.17) is 0 Å². The first-order valence-electron chi connectivity index (χ1n) is 9.28. The Labute approximate surface area is 172 Å². The van der Waals surface area contributed by atoms with E-state index in [1.54, 1.807) is 22.6 Å². The molecule has 29 heavy (non-hydrogen) atoms. The molecule has 8 nitrogen and oxygen atoms in total. The van der Waals surface area contributed by atoms with E-state index < -0.39 is 0 Å². The van der Waals surface area contributed by atoms with E-state index in [1.807, 2.05) is 65.4 Å². The maximum atomic E-state index is 12.8. The summed E-state index contributed by atoms with van der Waals surface area (Å²) in [5.74, 6) is 1.32. The number of aromatic nitrogens is 6. The van der Waals surface area contributed by atoms with Crippen LogP contribution < -0.4 is 5.32 Å². The Bertz CT molecular complexity index is 1090. The molecule has 0 radical (unpaired) electrons. The minimum absolute atomic E-state index is 0.272. The number of nitrogens with zero attached hydrogens (tertiary/aromatic N) is 6. The van der Waals surface area contributed by atoms with Crippen molar-refractivity contribution >= 4 is 23.3 Å². The zero-order chi connectivity index (χ0) is 20.1. The predicted molar refractivity (Wildman–Crippen MR) is 112 cm³/mol. The van der Waals surface area contributed by atoms with Gasteiger partial charge < -0.3 is 5.32 Å². The Balaban J connectivity index is 1.51. The van der Waals surface area contributed by atoms with Gasteiger partial charge in [-0.2, -0.15) is 11.8 Å². The second kappa shape index (κ2) is 8.87. The molecule has 0 spiro atoms. The van der Waals surface area contributed by atoms with E-state index in [9.17, 15) is 4.79 Å². The molecule has 4 rings (SSSR count). The number of amides is 1. The topological polar surface area (TPSA) is 90.0 Å². The van der Waals surface area contributed by atoms with Gasteiger partial charge in [0.05, 0.1) is 18.8 Å². The fraction of sp³-hybridized carbons (Fsp3) is 0.250. The minimum atomic E-state index is -0.275. The van der Waals surface area contributed by atoms with Gasteiger partial charge in [-0.1, -0.05) is 41.6 Å². The van der Waals surface area contributed by atoms with Crippen LogP contribution in [0.1, 0.15) is 34.3 Å². The van der Waals surface area contributed by atoms with E-state index in [-0.39, 0.29) is 17.6 Å². The monoisotopic (exact) mass is 407 g/mol. The van der Waals surface area contributed by atoms with Gasteiger partial charge in [-0.25, -0.2) is 4.68 Å². The van der Waals surface area contributed by atoms with E-state index in [2.05, 4.69) is 25.8 Å². The van der Waals surface area contributed by atoms with Crippen molar-refractivity contribution in [3.63, 3.8) is 0 Å². The quantitative estimate of drug-likeness (QED) is 0.483. The van der Waals surface area contributed by atoms with Crippen LogP contribution in [0.25, 0.3) is 5.65 Å². The molecule has 1 unspecified atom stereocenters.